The van der Waals surface area contributed by atoms with Crippen molar-refractivity contribution in [1.29, 1.82) is 0 Å². The van der Waals surface area contributed by atoms with Crippen molar-refractivity contribution in [2.45, 2.75) is 110 Å². The lowest BCUT2D eigenvalue weighted by Crippen LogP contribution is -2.46. The smallest absolute Gasteiger partial charge is 0.328 e. The molecule has 1 saturated heterocycles. The third-order valence-corrected chi connectivity index (χ3v) is 7.50. The van der Waals surface area contributed by atoms with E-state index in [2.05, 4.69) is 21.0 Å². The summed E-state index contributed by atoms with van der Waals surface area (Å²) in [6.07, 6.45) is 20.2. The highest BCUT2D eigenvalue weighted by molar-refractivity contribution is 7.47. The zero-order valence-corrected chi connectivity index (χ0v) is 21.2. The molecular weight excluding hydrogens is 397 g/mol. The van der Waals surface area contributed by atoms with Gasteiger partial charge in [0.25, 0.3) is 0 Å². The van der Waals surface area contributed by atoms with Crippen LogP contribution in [0.3, 0.4) is 0 Å². The largest absolute Gasteiger partial charge is 0.472 e. The van der Waals surface area contributed by atoms with Gasteiger partial charge in [0.2, 0.25) is 0 Å². The van der Waals surface area contributed by atoms with Crippen molar-refractivity contribution in [3.8, 4) is 0 Å². The van der Waals surface area contributed by atoms with Crippen molar-refractivity contribution in [2.24, 2.45) is 5.92 Å². The number of likely N-dealkylation sites (tertiary alicyclic amines) is 1. The maximum atomic E-state index is 12.0. The third-order valence-electron chi connectivity index (χ3n) is 6.51. The molecule has 30 heavy (non-hydrogen) atoms. The summed E-state index contributed by atoms with van der Waals surface area (Å²) >= 11 is 0. The van der Waals surface area contributed by atoms with E-state index in [-0.39, 0.29) is 0 Å². The molecule has 5 nitrogen and oxygen atoms in total. The molecule has 1 heterocycles. The summed E-state index contributed by atoms with van der Waals surface area (Å²) in [7, 11) is 0.577. The van der Waals surface area contributed by atoms with Crippen LogP contribution in [-0.2, 0) is 13.6 Å². The predicted octanol–water partition coefficient (Wildman–Crippen LogP) is 7.09. The molecule has 0 aromatic carbocycles. The normalized spacial score (nSPS) is 19.1. The van der Waals surface area contributed by atoms with Gasteiger partial charge >= 0.3 is 7.82 Å². The zero-order valence-electron chi connectivity index (χ0n) is 20.3. The van der Waals surface area contributed by atoms with E-state index in [4.69, 9.17) is 9.05 Å². The van der Waals surface area contributed by atoms with Gasteiger partial charge in [-0.15, -0.1) is 0 Å². The molecular formula is C24H51NO4P+. The Balaban J connectivity index is 1.86. The number of rotatable bonds is 19. The zero-order chi connectivity index (χ0) is 22.1. The molecule has 1 atom stereocenters. The first-order chi connectivity index (χ1) is 14.3. The highest BCUT2D eigenvalue weighted by Crippen LogP contribution is 2.44. The van der Waals surface area contributed by atoms with Gasteiger partial charge in [-0.2, -0.15) is 0 Å². The van der Waals surface area contributed by atoms with E-state index >= 15 is 0 Å². The van der Waals surface area contributed by atoms with Crippen molar-refractivity contribution in [3.05, 3.63) is 0 Å². The van der Waals surface area contributed by atoms with Crippen LogP contribution < -0.4 is 0 Å². The van der Waals surface area contributed by atoms with Gasteiger partial charge < -0.3 is 9.38 Å². The SMILES string of the molecule is CCCCCCCCCCCCCCCCOP(=O)(O)OCC1CC[N+](C)(C)CC1. The minimum atomic E-state index is -3.88. The number of phosphoric ester groups is 1. The molecule has 0 bridgehead atoms. The minimum absolute atomic E-state index is 0.320. The Kier molecular flexibility index (Phi) is 15.6. The van der Waals surface area contributed by atoms with E-state index in [1.54, 1.807) is 0 Å². The summed E-state index contributed by atoms with van der Waals surface area (Å²) < 4.78 is 23.4. The second-order valence-corrected chi connectivity index (χ2v) is 11.5. The van der Waals surface area contributed by atoms with E-state index in [1.807, 2.05) is 0 Å². The van der Waals surface area contributed by atoms with Crippen molar-refractivity contribution in [2.75, 3.05) is 40.4 Å². The molecule has 6 heteroatoms. The van der Waals surface area contributed by atoms with Crippen LogP contribution in [0.15, 0.2) is 0 Å². The lowest BCUT2D eigenvalue weighted by atomic mass is 9.97. The van der Waals surface area contributed by atoms with E-state index in [0.717, 1.165) is 43.3 Å². The summed E-state index contributed by atoms with van der Waals surface area (Å²) in [5.41, 5.74) is 0. The Morgan fingerprint density at radius 2 is 1.20 bits per heavy atom. The average Bonchev–Trinajstić information content (AvgIpc) is 2.70. The maximum absolute atomic E-state index is 12.0. The Morgan fingerprint density at radius 1 is 0.767 bits per heavy atom. The first-order valence-electron chi connectivity index (χ1n) is 12.8. The lowest BCUT2D eigenvalue weighted by Gasteiger charge is -2.37. The molecule has 0 radical (unpaired) electrons. The van der Waals surface area contributed by atoms with E-state index in [0.29, 0.717) is 19.1 Å². The number of phosphoric acid groups is 1. The summed E-state index contributed by atoms with van der Waals surface area (Å²) in [4.78, 5) is 9.86. The number of hydrogen-bond acceptors (Lipinski definition) is 3. The predicted molar refractivity (Wildman–Crippen MR) is 127 cm³/mol. The Labute approximate surface area is 187 Å². The number of piperidine rings is 1. The quantitative estimate of drug-likeness (QED) is 0.130. The van der Waals surface area contributed by atoms with Crippen LogP contribution in [0, 0.1) is 5.92 Å². The van der Waals surface area contributed by atoms with Crippen molar-refractivity contribution in [3.63, 3.8) is 0 Å². The molecule has 1 unspecified atom stereocenters. The molecule has 0 spiro atoms. The van der Waals surface area contributed by atoms with Gasteiger partial charge in [-0.3, -0.25) is 9.05 Å². The van der Waals surface area contributed by atoms with E-state index in [9.17, 15) is 9.46 Å². The van der Waals surface area contributed by atoms with Gasteiger partial charge in [0, 0.05) is 12.8 Å². The Hall–Kier alpha value is 0.0700. The molecule has 1 aliphatic rings. The van der Waals surface area contributed by atoms with Gasteiger partial charge in [-0.1, -0.05) is 90.4 Å². The van der Waals surface area contributed by atoms with Crippen molar-refractivity contribution < 1.29 is 23.0 Å². The third kappa shape index (κ3) is 15.8. The molecule has 1 N–H and O–H groups in total. The topological polar surface area (TPSA) is 55.8 Å². The number of unbranched alkanes of at least 4 members (excludes halogenated alkanes) is 13. The molecule has 0 saturated carbocycles. The standard InChI is InChI=1S/C24H50NO4P/c1-4-5-6-7-8-9-10-11-12-13-14-15-16-17-22-28-30(26,27)29-23-24-18-20-25(2,3)21-19-24/h24H,4-23H2,1-3H3/p+1. The second-order valence-electron chi connectivity index (χ2n) is 10.0. The van der Waals surface area contributed by atoms with Crippen LogP contribution in [-0.4, -0.2) is 49.8 Å². The Morgan fingerprint density at radius 3 is 1.67 bits per heavy atom. The summed E-state index contributed by atoms with van der Waals surface area (Å²) in [5.74, 6) is 0.376. The first kappa shape index (κ1) is 28.1. The average molecular weight is 449 g/mol. The highest BCUT2D eigenvalue weighted by Gasteiger charge is 2.29. The molecule has 0 aromatic rings. The number of quaternary nitrogens is 1. The van der Waals surface area contributed by atoms with Crippen LogP contribution in [0.25, 0.3) is 0 Å². The molecule has 0 aromatic heterocycles. The molecule has 180 valence electrons. The van der Waals surface area contributed by atoms with Gasteiger partial charge in [0.15, 0.2) is 0 Å². The Bertz CT molecular complexity index is 448. The first-order valence-corrected chi connectivity index (χ1v) is 14.3. The monoisotopic (exact) mass is 448 g/mol. The lowest BCUT2D eigenvalue weighted by molar-refractivity contribution is -0.896. The van der Waals surface area contributed by atoms with Crippen LogP contribution in [0.1, 0.15) is 110 Å². The number of nitrogens with zero attached hydrogens (tertiary/aromatic N) is 1. The second kappa shape index (κ2) is 16.7. The summed E-state index contributed by atoms with van der Waals surface area (Å²) in [5, 5.41) is 0. The summed E-state index contributed by atoms with van der Waals surface area (Å²) in [6.45, 7) is 5.13. The van der Waals surface area contributed by atoms with Crippen LogP contribution >= 0.6 is 7.82 Å². The van der Waals surface area contributed by atoms with Gasteiger partial charge in [-0.05, 0) is 12.3 Å². The minimum Gasteiger partial charge on any atom is -0.328 e. The molecule has 0 amide bonds. The fraction of sp³-hybridized carbons (Fsp3) is 1.00. The van der Waals surface area contributed by atoms with Crippen LogP contribution in [0.5, 0.6) is 0 Å². The molecule has 1 fully saturated rings. The van der Waals surface area contributed by atoms with Crippen molar-refractivity contribution in [1.82, 2.24) is 0 Å². The fourth-order valence-electron chi connectivity index (χ4n) is 4.20. The van der Waals surface area contributed by atoms with Crippen molar-refractivity contribution >= 4 is 7.82 Å². The molecule has 0 aliphatic carbocycles. The summed E-state index contributed by atoms with van der Waals surface area (Å²) in [6, 6.07) is 0. The van der Waals surface area contributed by atoms with Crippen LogP contribution in [0.4, 0.5) is 0 Å². The van der Waals surface area contributed by atoms with Gasteiger partial charge in [0.1, 0.15) is 0 Å². The van der Waals surface area contributed by atoms with Gasteiger partial charge in [-0.25, -0.2) is 4.57 Å². The molecule has 1 rings (SSSR count). The van der Waals surface area contributed by atoms with E-state index in [1.165, 1.54) is 77.0 Å². The van der Waals surface area contributed by atoms with E-state index < -0.39 is 7.82 Å². The van der Waals surface area contributed by atoms with Crippen LogP contribution in [0.2, 0.25) is 0 Å². The number of hydrogen-bond donors (Lipinski definition) is 1. The maximum Gasteiger partial charge on any atom is 0.472 e. The molecule has 1 aliphatic heterocycles. The van der Waals surface area contributed by atoms with Gasteiger partial charge in [0.05, 0.1) is 40.4 Å². The highest BCUT2D eigenvalue weighted by atomic mass is 31.2. The fourth-order valence-corrected chi connectivity index (χ4v) is 5.03.